The second-order valence-electron chi connectivity index (χ2n) is 20.7. The summed E-state index contributed by atoms with van der Waals surface area (Å²) in [6, 6.07) is 29.0. The van der Waals surface area contributed by atoms with Gasteiger partial charge in [0, 0.05) is 51.0 Å². The summed E-state index contributed by atoms with van der Waals surface area (Å²) in [5.74, 6) is 0.610. The van der Waals surface area contributed by atoms with Crippen LogP contribution in [0.1, 0.15) is 134 Å². The molecule has 0 saturated carbocycles. The summed E-state index contributed by atoms with van der Waals surface area (Å²) in [5.41, 5.74) is 6.12. The van der Waals surface area contributed by atoms with E-state index in [0.717, 1.165) is 44.6 Å². The maximum absolute atomic E-state index is 12.5. The topological polar surface area (TPSA) is 50.9 Å². The summed E-state index contributed by atoms with van der Waals surface area (Å²) >= 11 is 0. The number of fused-ring (bicyclic) bond motifs is 1. The van der Waals surface area contributed by atoms with Gasteiger partial charge in [0.1, 0.15) is 11.6 Å². The summed E-state index contributed by atoms with van der Waals surface area (Å²) in [4.78, 5) is 9.94. The Morgan fingerprint density at radius 2 is 1.29 bits per heavy atom. The number of hydrogen-bond acceptors (Lipinski definition) is 3. The molecule has 0 aliphatic carbocycles. The first-order valence-corrected chi connectivity index (χ1v) is 21.7. The predicted octanol–water partition coefficient (Wildman–Crippen LogP) is 16.0. The van der Waals surface area contributed by atoms with Gasteiger partial charge < -0.3 is 5.11 Å². The summed E-state index contributed by atoms with van der Waals surface area (Å²) in [6.45, 7) is 21.9. The number of para-hydroxylation sites is 1. The third-order valence-corrected chi connectivity index (χ3v) is 11.7. The van der Waals surface area contributed by atoms with E-state index in [9.17, 15) is 6.48 Å². The van der Waals surface area contributed by atoms with Crippen LogP contribution < -0.4 is 0 Å². The number of aromatic hydroxyl groups is 1. The van der Waals surface area contributed by atoms with Crippen molar-refractivity contribution in [2.45, 2.75) is 118 Å². The van der Waals surface area contributed by atoms with E-state index in [1.54, 1.807) is 6.07 Å². The van der Waals surface area contributed by atoms with Gasteiger partial charge in [0.15, 0.2) is 0 Å². The zero-order valence-corrected chi connectivity index (χ0v) is 41.5. The Hall–Kier alpha value is -5.57. The van der Waals surface area contributed by atoms with Gasteiger partial charge in [0.25, 0.3) is 0 Å². The van der Waals surface area contributed by atoms with Crippen LogP contribution in [-0.2, 0) is 49.1 Å². The molecule has 6 aromatic carbocycles. The van der Waals surface area contributed by atoms with Crippen molar-refractivity contribution >= 4 is 11.0 Å². The van der Waals surface area contributed by atoms with Gasteiger partial charge in [-0.1, -0.05) is 186 Å². The van der Waals surface area contributed by atoms with Crippen molar-refractivity contribution < 1.29 is 42.6 Å². The van der Waals surface area contributed by atoms with Crippen molar-refractivity contribution in [2.75, 3.05) is 0 Å². The molecule has 8 aromatic rings. The maximum atomic E-state index is 12.5. The van der Waals surface area contributed by atoms with Gasteiger partial charge in [-0.15, -0.1) is 29.3 Å². The molecule has 336 valence electrons. The molecule has 2 aromatic heterocycles. The molecule has 0 aliphatic heterocycles. The summed E-state index contributed by atoms with van der Waals surface area (Å²) in [5, 5.41) is 12.5. The van der Waals surface area contributed by atoms with E-state index in [0.29, 0.717) is 28.0 Å². The Morgan fingerprint density at radius 1 is 0.631 bits per heavy atom. The average Bonchev–Trinajstić information content (AvgIpc) is 3.72. The molecule has 0 radical (unpaired) electrons. The molecule has 0 unspecified atom stereocenters. The molecule has 0 atom stereocenters. The molecule has 0 saturated heterocycles. The number of phenolic OH excluding ortho intramolecular Hbond substituents is 1. The van der Waals surface area contributed by atoms with Crippen molar-refractivity contribution in [2.24, 2.45) is 0 Å². The minimum Gasteiger partial charge on any atom is -0.507 e. The monoisotopic (exact) mass is 1050 g/mol. The maximum Gasteiger partial charge on any atom is 0.148 e. The molecule has 0 amide bonds. The normalized spacial score (nSPS) is 15.4. The molecular weight excluding hydrogens is 974 g/mol. The Balaban J connectivity index is 0.00000861. The number of pyridine rings is 1. The minimum absolute atomic E-state index is 0. The minimum atomic E-state index is -3.35. The number of rotatable bonds is 7. The fraction of sp³-hybridized carbons (Fsp3) is 0.300. The summed E-state index contributed by atoms with van der Waals surface area (Å²) < 4.78 is 105. The Labute approximate surface area is 419 Å². The van der Waals surface area contributed by atoms with Crippen LogP contribution in [0.2, 0.25) is 0 Å². The first-order chi connectivity index (χ1) is 35.0. The van der Waals surface area contributed by atoms with Crippen molar-refractivity contribution in [3.63, 3.8) is 0 Å². The smallest absolute Gasteiger partial charge is 0.148 e. The van der Waals surface area contributed by atoms with Crippen LogP contribution in [0.5, 0.6) is 5.75 Å². The molecule has 4 nitrogen and oxygen atoms in total. The van der Waals surface area contributed by atoms with Crippen molar-refractivity contribution in [3.05, 3.63) is 167 Å². The fourth-order valence-corrected chi connectivity index (χ4v) is 8.08. The fourth-order valence-electron chi connectivity index (χ4n) is 8.08. The van der Waals surface area contributed by atoms with Gasteiger partial charge >= 0.3 is 0 Å². The number of benzene rings is 6. The van der Waals surface area contributed by atoms with Gasteiger partial charge in [0.05, 0.1) is 26.2 Å². The van der Waals surface area contributed by atoms with Gasteiger partial charge in [-0.05, 0) is 97.3 Å². The van der Waals surface area contributed by atoms with E-state index >= 15 is 0 Å². The van der Waals surface area contributed by atoms with Crippen LogP contribution in [0.15, 0.2) is 133 Å². The molecule has 65 heavy (non-hydrogen) atoms. The first-order valence-electron chi connectivity index (χ1n) is 27.7. The molecule has 2 heterocycles. The van der Waals surface area contributed by atoms with E-state index in [1.165, 1.54) is 0 Å². The van der Waals surface area contributed by atoms with E-state index < -0.39 is 83.2 Å². The van der Waals surface area contributed by atoms with E-state index in [1.807, 2.05) is 69.3 Å². The Kier molecular flexibility index (Phi) is 9.20. The van der Waals surface area contributed by atoms with E-state index in [-0.39, 0.29) is 48.9 Å². The molecule has 0 fully saturated rings. The number of aromatic nitrogens is 3. The molecule has 1 N–H and O–H groups in total. The van der Waals surface area contributed by atoms with Crippen LogP contribution in [-0.4, -0.2) is 19.6 Å². The van der Waals surface area contributed by atoms with Gasteiger partial charge in [-0.2, -0.15) is 0 Å². The second-order valence-corrected chi connectivity index (χ2v) is 20.7. The third-order valence-electron chi connectivity index (χ3n) is 11.7. The second kappa shape index (κ2) is 17.7. The van der Waals surface area contributed by atoms with Crippen molar-refractivity contribution in [3.8, 4) is 67.5 Å². The number of phenols is 1. The van der Waals surface area contributed by atoms with Crippen LogP contribution >= 0.6 is 0 Å². The molecule has 0 bridgehead atoms. The van der Waals surface area contributed by atoms with Crippen LogP contribution in [0.3, 0.4) is 0 Å². The summed E-state index contributed by atoms with van der Waals surface area (Å²) in [7, 11) is 0. The van der Waals surface area contributed by atoms with E-state index in [2.05, 4.69) is 114 Å². The van der Waals surface area contributed by atoms with Gasteiger partial charge in [0.2, 0.25) is 0 Å². The number of hydrogen-bond donors (Lipinski definition) is 1. The first kappa shape index (κ1) is 33.8. The van der Waals surface area contributed by atoms with Crippen molar-refractivity contribution in [1.82, 2.24) is 14.5 Å². The van der Waals surface area contributed by atoms with Gasteiger partial charge in [-0.3, -0.25) is 9.55 Å². The molecular formula is C60H64N3OPt-. The largest absolute Gasteiger partial charge is 0.507 e. The zero-order chi connectivity index (χ0) is 56.3. The average molecular weight is 1050 g/mol. The number of imidazole rings is 1. The van der Waals surface area contributed by atoms with E-state index in [4.69, 9.17) is 20.1 Å². The molecule has 0 spiro atoms. The van der Waals surface area contributed by atoms with Crippen molar-refractivity contribution in [1.29, 1.82) is 0 Å². The molecule has 0 aliphatic rings. The number of nitrogens with zero attached hydrogens (tertiary/aromatic N) is 3. The standard InChI is InChI=1S/C60H64N3O.Pt/c1-14-38-23-25-39(26-24-38)41-29-30-61-52(34-41)43-31-42(32-44(33-43)57(2,3)4)48-21-18-22-53-54(48)62-56(49-35-45(58(5,6)7)36-51(55(49)64)60(11,12)13)63(53)46-27-28-47(40-19-16-15-17-20-40)50(37-46)59(8,9)10;/h15-30,32-37,64H,14H2,1-13H3;/q-1;/i1D3,14D2,23D,24D,25D,26D,29D,30D,34D;. The van der Waals surface area contributed by atoms with Crippen LogP contribution in [0, 0.1) is 6.07 Å². The molecule has 8 rings (SSSR count). The zero-order valence-electron chi connectivity index (χ0n) is 51.3. The third kappa shape index (κ3) is 9.57. The van der Waals surface area contributed by atoms with Crippen LogP contribution in [0.4, 0.5) is 0 Å². The SMILES string of the molecule is [2H]c1nc(-c2[c-]c(-c3cccc4c3nc(-c3cc(C(C)(C)C)cc(C(C)(C)C)c3O)n4-c3ccc(-c4ccccc4)c(C(C)(C)C)c3)cc(C(C)(C)C)c2)c([2H])c(-c2c([2H])c([2H])c(C([2H])([2H])C([2H])([2H])[2H])c([2H])c2[2H])c1[2H].[Pt]. The predicted molar refractivity (Wildman–Crippen MR) is 271 cm³/mol. The molecule has 5 heteroatoms. The summed E-state index contributed by atoms with van der Waals surface area (Å²) in [6.07, 6.45) is -3.92. The van der Waals surface area contributed by atoms with Gasteiger partial charge in [-0.25, -0.2) is 4.98 Å². The quantitative estimate of drug-likeness (QED) is 0.162. The Morgan fingerprint density at radius 3 is 1.94 bits per heavy atom. The Bertz CT molecular complexity index is 3600. The van der Waals surface area contributed by atoms with Crippen LogP contribution in [0.25, 0.3) is 72.7 Å².